The van der Waals surface area contributed by atoms with Gasteiger partial charge in [0, 0.05) is 32.2 Å². The number of nitrogens with zero attached hydrogens (tertiary/aromatic N) is 2. The van der Waals surface area contributed by atoms with Crippen molar-refractivity contribution < 1.29 is 9.59 Å². The van der Waals surface area contributed by atoms with Crippen LogP contribution in [0.15, 0.2) is 48.5 Å². The highest BCUT2D eigenvalue weighted by Gasteiger charge is 2.21. The van der Waals surface area contributed by atoms with Crippen molar-refractivity contribution in [3.8, 4) is 0 Å². The van der Waals surface area contributed by atoms with Crippen LogP contribution in [0.1, 0.15) is 50.3 Å². The van der Waals surface area contributed by atoms with Gasteiger partial charge in [-0.3, -0.25) is 9.59 Å². The SMILES string of the molecule is CN(Cc1ccc(C(C)(C)C)cc1)C(=O)Cc1ccc(N2CCCC2=O)cc1. The van der Waals surface area contributed by atoms with Crippen LogP contribution in [-0.4, -0.2) is 30.3 Å². The fraction of sp³-hybridized carbons (Fsp3) is 0.417. The van der Waals surface area contributed by atoms with E-state index in [-0.39, 0.29) is 17.2 Å². The van der Waals surface area contributed by atoms with Gasteiger partial charge in [-0.25, -0.2) is 0 Å². The molecule has 1 aliphatic heterocycles. The van der Waals surface area contributed by atoms with Crippen LogP contribution < -0.4 is 4.90 Å². The van der Waals surface area contributed by atoms with E-state index >= 15 is 0 Å². The van der Waals surface area contributed by atoms with Crippen LogP contribution >= 0.6 is 0 Å². The summed E-state index contributed by atoms with van der Waals surface area (Å²) in [6.45, 7) is 7.98. The second-order valence-electron chi connectivity index (χ2n) is 8.69. The smallest absolute Gasteiger partial charge is 0.227 e. The van der Waals surface area contributed by atoms with E-state index < -0.39 is 0 Å². The topological polar surface area (TPSA) is 40.6 Å². The number of hydrogen-bond acceptors (Lipinski definition) is 2. The predicted octanol–water partition coefficient (Wildman–Crippen LogP) is 4.31. The Morgan fingerprint density at radius 2 is 1.61 bits per heavy atom. The fourth-order valence-corrected chi connectivity index (χ4v) is 3.50. The molecule has 0 spiro atoms. The number of carbonyl (C=O) groups excluding carboxylic acids is 2. The van der Waals surface area contributed by atoms with Crippen LogP contribution in [0.3, 0.4) is 0 Å². The standard InChI is InChI=1S/C24H30N2O2/c1-24(2,3)20-11-7-19(8-12-20)17-25(4)23(28)16-18-9-13-21(14-10-18)26-15-5-6-22(26)27/h7-14H,5-6,15-17H2,1-4H3. The highest BCUT2D eigenvalue weighted by atomic mass is 16.2. The lowest BCUT2D eigenvalue weighted by atomic mass is 9.87. The first kappa shape index (κ1) is 20.1. The molecule has 2 aromatic rings. The molecule has 0 aromatic heterocycles. The van der Waals surface area contributed by atoms with Crippen molar-refractivity contribution in [3.05, 3.63) is 65.2 Å². The van der Waals surface area contributed by atoms with Gasteiger partial charge in [-0.2, -0.15) is 0 Å². The molecule has 0 radical (unpaired) electrons. The normalized spacial score (nSPS) is 14.4. The molecule has 1 saturated heterocycles. The average Bonchev–Trinajstić information content (AvgIpc) is 3.08. The van der Waals surface area contributed by atoms with E-state index in [0.29, 0.717) is 19.4 Å². The van der Waals surface area contributed by atoms with Gasteiger partial charge in [0.1, 0.15) is 0 Å². The molecular weight excluding hydrogens is 348 g/mol. The van der Waals surface area contributed by atoms with Crippen LogP contribution in [0.2, 0.25) is 0 Å². The van der Waals surface area contributed by atoms with Crippen LogP contribution in [0.5, 0.6) is 0 Å². The Bertz CT molecular complexity index is 832. The van der Waals surface area contributed by atoms with E-state index in [4.69, 9.17) is 0 Å². The van der Waals surface area contributed by atoms with Gasteiger partial charge in [-0.05, 0) is 40.7 Å². The van der Waals surface area contributed by atoms with Crippen LogP contribution in [0.4, 0.5) is 5.69 Å². The number of benzene rings is 2. The van der Waals surface area contributed by atoms with Gasteiger partial charge in [-0.15, -0.1) is 0 Å². The van der Waals surface area contributed by atoms with Gasteiger partial charge < -0.3 is 9.80 Å². The number of likely N-dealkylation sites (N-methyl/N-ethyl adjacent to an activating group) is 1. The van der Waals surface area contributed by atoms with Crippen LogP contribution in [0, 0.1) is 0 Å². The van der Waals surface area contributed by atoms with Gasteiger partial charge in [0.25, 0.3) is 0 Å². The van der Waals surface area contributed by atoms with Gasteiger partial charge in [0.15, 0.2) is 0 Å². The maximum atomic E-state index is 12.6. The predicted molar refractivity (Wildman–Crippen MR) is 113 cm³/mol. The van der Waals surface area contributed by atoms with Crippen molar-refractivity contribution in [3.63, 3.8) is 0 Å². The second-order valence-corrected chi connectivity index (χ2v) is 8.69. The highest BCUT2D eigenvalue weighted by Crippen LogP contribution is 2.23. The largest absolute Gasteiger partial charge is 0.341 e. The van der Waals surface area contributed by atoms with E-state index in [2.05, 4.69) is 45.0 Å². The van der Waals surface area contributed by atoms with Gasteiger partial charge in [0.05, 0.1) is 6.42 Å². The van der Waals surface area contributed by atoms with Crippen molar-refractivity contribution in [2.75, 3.05) is 18.5 Å². The minimum absolute atomic E-state index is 0.0879. The Balaban J connectivity index is 1.57. The lowest BCUT2D eigenvalue weighted by molar-refractivity contribution is -0.129. The molecule has 0 unspecified atom stereocenters. The van der Waals surface area contributed by atoms with Gasteiger partial charge in [-0.1, -0.05) is 57.2 Å². The Morgan fingerprint density at radius 1 is 1.00 bits per heavy atom. The summed E-state index contributed by atoms with van der Waals surface area (Å²) in [7, 11) is 1.84. The Labute approximate surface area is 168 Å². The minimum atomic E-state index is 0.0879. The number of anilines is 1. The Hall–Kier alpha value is -2.62. The molecule has 4 nitrogen and oxygen atoms in total. The van der Waals surface area contributed by atoms with E-state index in [9.17, 15) is 9.59 Å². The number of rotatable bonds is 5. The number of amides is 2. The summed E-state index contributed by atoms with van der Waals surface area (Å²) in [6.07, 6.45) is 1.91. The van der Waals surface area contributed by atoms with Crippen LogP contribution in [-0.2, 0) is 28.0 Å². The first-order chi connectivity index (χ1) is 13.2. The summed E-state index contributed by atoms with van der Waals surface area (Å²) in [4.78, 5) is 28.0. The highest BCUT2D eigenvalue weighted by molar-refractivity contribution is 5.95. The maximum absolute atomic E-state index is 12.6. The first-order valence-corrected chi connectivity index (χ1v) is 9.97. The van der Waals surface area contributed by atoms with Crippen molar-refractivity contribution in [1.29, 1.82) is 0 Å². The fourth-order valence-electron chi connectivity index (χ4n) is 3.50. The Morgan fingerprint density at radius 3 is 2.14 bits per heavy atom. The summed E-state index contributed by atoms with van der Waals surface area (Å²) < 4.78 is 0. The maximum Gasteiger partial charge on any atom is 0.227 e. The first-order valence-electron chi connectivity index (χ1n) is 9.97. The quantitative estimate of drug-likeness (QED) is 0.778. The minimum Gasteiger partial charge on any atom is -0.341 e. The summed E-state index contributed by atoms with van der Waals surface area (Å²) in [5, 5.41) is 0. The molecule has 0 atom stereocenters. The zero-order valence-electron chi connectivity index (χ0n) is 17.4. The molecule has 1 heterocycles. The van der Waals surface area contributed by atoms with E-state index in [0.717, 1.165) is 29.8 Å². The zero-order valence-corrected chi connectivity index (χ0v) is 17.4. The van der Waals surface area contributed by atoms with Crippen molar-refractivity contribution >= 4 is 17.5 Å². The molecule has 0 aliphatic carbocycles. The third kappa shape index (κ3) is 4.80. The molecule has 0 bridgehead atoms. The summed E-state index contributed by atoms with van der Waals surface area (Å²) in [5.74, 6) is 0.269. The molecule has 28 heavy (non-hydrogen) atoms. The number of carbonyl (C=O) groups is 2. The van der Waals surface area contributed by atoms with E-state index in [1.807, 2.05) is 36.2 Å². The molecular formula is C24H30N2O2. The lowest BCUT2D eigenvalue weighted by Gasteiger charge is -2.21. The molecule has 1 fully saturated rings. The van der Waals surface area contributed by atoms with Crippen molar-refractivity contribution in [1.82, 2.24) is 4.90 Å². The third-order valence-electron chi connectivity index (χ3n) is 5.34. The molecule has 148 valence electrons. The summed E-state index contributed by atoms with van der Waals surface area (Å²) in [6, 6.07) is 16.3. The van der Waals surface area contributed by atoms with Crippen LogP contribution in [0.25, 0.3) is 0 Å². The monoisotopic (exact) mass is 378 g/mol. The molecule has 1 aliphatic rings. The van der Waals surface area contributed by atoms with E-state index in [1.54, 1.807) is 4.90 Å². The molecule has 3 rings (SSSR count). The third-order valence-corrected chi connectivity index (χ3v) is 5.34. The van der Waals surface area contributed by atoms with Gasteiger partial charge in [0.2, 0.25) is 11.8 Å². The van der Waals surface area contributed by atoms with Crippen molar-refractivity contribution in [2.24, 2.45) is 0 Å². The Kier molecular flexibility index (Phi) is 5.87. The van der Waals surface area contributed by atoms with Gasteiger partial charge >= 0.3 is 0 Å². The zero-order chi connectivity index (χ0) is 20.3. The average molecular weight is 379 g/mol. The molecule has 4 heteroatoms. The number of hydrogen-bond donors (Lipinski definition) is 0. The lowest BCUT2D eigenvalue weighted by Crippen LogP contribution is -2.28. The summed E-state index contributed by atoms with van der Waals surface area (Å²) in [5.41, 5.74) is 4.45. The molecule has 0 saturated carbocycles. The molecule has 2 aromatic carbocycles. The molecule has 0 N–H and O–H groups in total. The molecule has 2 amide bonds. The summed E-state index contributed by atoms with van der Waals surface area (Å²) >= 11 is 0. The van der Waals surface area contributed by atoms with Crippen molar-refractivity contribution in [2.45, 2.75) is 52.0 Å². The second kappa shape index (κ2) is 8.17. The van der Waals surface area contributed by atoms with E-state index in [1.165, 1.54) is 5.56 Å².